The topological polar surface area (TPSA) is 78.4 Å². The van der Waals surface area contributed by atoms with Gasteiger partial charge in [0.15, 0.2) is 5.96 Å². The molecule has 0 aromatic heterocycles. The van der Waals surface area contributed by atoms with Crippen LogP contribution in [-0.4, -0.2) is 99.9 Å². The highest BCUT2D eigenvalue weighted by molar-refractivity contribution is 14.0. The van der Waals surface area contributed by atoms with Crippen LogP contribution >= 0.6 is 24.0 Å². The van der Waals surface area contributed by atoms with Gasteiger partial charge >= 0.3 is 0 Å². The number of nitrogens with one attached hydrogen (secondary N) is 2. The summed E-state index contributed by atoms with van der Waals surface area (Å²) in [4.78, 5) is 20.3. The van der Waals surface area contributed by atoms with Gasteiger partial charge in [0, 0.05) is 72.5 Å². The fourth-order valence-electron chi connectivity index (χ4n) is 3.11. The Morgan fingerprint density at radius 2 is 2.04 bits per heavy atom. The third kappa shape index (κ3) is 9.91. The molecule has 0 aromatic carbocycles. The first-order valence-corrected chi connectivity index (χ1v) is 9.88. The SMILES string of the molecule is CCNC(=NCCCOC1CCOC1)NCCN1CCN(C(C)=O)CC1.I. The van der Waals surface area contributed by atoms with Crippen LogP contribution in [0.2, 0.25) is 0 Å². The molecule has 0 spiro atoms. The monoisotopic (exact) mass is 497 g/mol. The lowest BCUT2D eigenvalue weighted by atomic mass is 10.3. The Morgan fingerprint density at radius 1 is 1.26 bits per heavy atom. The van der Waals surface area contributed by atoms with Crippen LogP contribution in [0.15, 0.2) is 4.99 Å². The number of hydrogen-bond acceptors (Lipinski definition) is 5. The first-order valence-electron chi connectivity index (χ1n) is 9.88. The van der Waals surface area contributed by atoms with Gasteiger partial charge in [0.05, 0.1) is 12.7 Å². The molecule has 27 heavy (non-hydrogen) atoms. The Kier molecular flexibility index (Phi) is 13.0. The molecule has 0 aromatic rings. The van der Waals surface area contributed by atoms with Gasteiger partial charge in [0.2, 0.25) is 5.91 Å². The summed E-state index contributed by atoms with van der Waals surface area (Å²) in [6.45, 7) is 12.9. The first-order chi connectivity index (χ1) is 12.7. The molecule has 2 rings (SSSR count). The number of hydrogen-bond donors (Lipinski definition) is 2. The Hall–Kier alpha value is -0.650. The summed E-state index contributed by atoms with van der Waals surface area (Å²) in [6.07, 6.45) is 2.20. The highest BCUT2D eigenvalue weighted by Gasteiger charge is 2.18. The van der Waals surface area contributed by atoms with E-state index in [0.717, 1.165) is 91.0 Å². The van der Waals surface area contributed by atoms with Gasteiger partial charge in [-0.15, -0.1) is 24.0 Å². The second-order valence-electron chi connectivity index (χ2n) is 6.75. The minimum absolute atomic E-state index is 0. The van der Waals surface area contributed by atoms with E-state index in [4.69, 9.17) is 9.47 Å². The summed E-state index contributed by atoms with van der Waals surface area (Å²) in [5.41, 5.74) is 0. The quantitative estimate of drug-likeness (QED) is 0.209. The number of carbonyl (C=O) groups excluding carboxylic acids is 1. The molecule has 2 heterocycles. The number of halogens is 1. The van der Waals surface area contributed by atoms with Crippen molar-refractivity contribution in [3.05, 3.63) is 0 Å². The smallest absolute Gasteiger partial charge is 0.219 e. The van der Waals surface area contributed by atoms with Crippen molar-refractivity contribution in [1.29, 1.82) is 0 Å². The van der Waals surface area contributed by atoms with Crippen molar-refractivity contribution >= 4 is 35.8 Å². The predicted molar refractivity (Wildman–Crippen MR) is 118 cm³/mol. The Labute approximate surface area is 180 Å². The summed E-state index contributed by atoms with van der Waals surface area (Å²) in [5.74, 6) is 1.04. The molecule has 2 fully saturated rings. The van der Waals surface area contributed by atoms with Crippen molar-refractivity contribution in [2.24, 2.45) is 4.99 Å². The molecule has 0 bridgehead atoms. The van der Waals surface area contributed by atoms with Crippen LogP contribution in [-0.2, 0) is 14.3 Å². The fourth-order valence-corrected chi connectivity index (χ4v) is 3.11. The van der Waals surface area contributed by atoms with Crippen molar-refractivity contribution < 1.29 is 14.3 Å². The lowest BCUT2D eigenvalue weighted by Gasteiger charge is -2.34. The average molecular weight is 497 g/mol. The number of amides is 1. The standard InChI is InChI=1S/C18H35N5O3.HI/c1-3-19-18(20-6-4-13-26-17-5-14-25-15-17)21-7-8-22-9-11-23(12-10-22)16(2)24;/h17H,3-15H2,1-2H3,(H2,19,20,21);1H. The number of carbonyl (C=O) groups is 1. The van der Waals surface area contributed by atoms with E-state index in [1.807, 2.05) is 4.90 Å². The maximum absolute atomic E-state index is 11.4. The van der Waals surface area contributed by atoms with Crippen LogP contribution in [0.3, 0.4) is 0 Å². The van der Waals surface area contributed by atoms with E-state index < -0.39 is 0 Å². The largest absolute Gasteiger partial charge is 0.379 e. The number of piperazine rings is 1. The molecule has 1 amide bonds. The van der Waals surface area contributed by atoms with Crippen molar-refractivity contribution in [2.75, 3.05) is 72.2 Å². The highest BCUT2D eigenvalue weighted by Crippen LogP contribution is 2.08. The van der Waals surface area contributed by atoms with Crippen LogP contribution in [0.5, 0.6) is 0 Å². The van der Waals surface area contributed by atoms with Crippen molar-refractivity contribution in [3.8, 4) is 0 Å². The van der Waals surface area contributed by atoms with E-state index in [9.17, 15) is 4.79 Å². The van der Waals surface area contributed by atoms with Crippen LogP contribution < -0.4 is 10.6 Å². The second-order valence-corrected chi connectivity index (χ2v) is 6.75. The van der Waals surface area contributed by atoms with Crippen LogP contribution in [0.1, 0.15) is 26.7 Å². The van der Waals surface area contributed by atoms with E-state index in [2.05, 4.69) is 27.4 Å². The van der Waals surface area contributed by atoms with Crippen molar-refractivity contribution in [3.63, 3.8) is 0 Å². The van der Waals surface area contributed by atoms with Gasteiger partial charge in [-0.05, 0) is 19.8 Å². The Balaban J connectivity index is 0.00000364. The predicted octanol–water partition coefficient (Wildman–Crippen LogP) is 0.519. The number of nitrogens with zero attached hydrogens (tertiary/aromatic N) is 3. The molecule has 0 aliphatic carbocycles. The molecule has 1 unspecified atom stereocenters. The van der Waals surface area contributed by atoms with Crippen molar-refractivity contribution in [2.45, 2.75) is 32.8 Å². The zero-order valence-corrected chi connectivity index (χ0v) is 19.1. The van der Waals surface area contributed by atoms with E-state index in [1.54, 1.807) is 6.92 Å². The molecule has 2 N–H and O–H groups in total. The minimum atomic E-state index is 0. The van der Waals surface area contributed by atoms with Gasteiger partial charge in [0.25, 0.3) is 0 Å². The molecule has 8 nitrogen and oxygen atoms in total. The molecule has 1 atom stereocenters. The lowest BCUT2D eigenvalue weighted by molar-refractivity contribution is -0.130. The van der Waals surface area contributed by atoms with Gasteiger partial charge in [0.1, 0.15) is 0 Å². The third-order valence-corrected chi connectivity index (χ3v) is 4.70. The molecule has 2 saturated heterocycles. The molecule has 2 aliphatic heterocycles. The molecular weight excluding hydrogens is 461 g/mol. The number of guanidine groups is 1. The Bertz CT molecular complexity index is 439. The normalized spacial score (nSPS) is 21.0. The summed E-state index contributed by atoms with van der Waals surface area (Å²) in [7, 11) is 0. The third-order valence-electron chi connectivity index (χ3n) is 4.70. The van der Waals surface area contributed by atoms with E-state index >= 15 is 0 Å². The summed E-state index contributed by atoms with van der Waals surface area (Å²) in [6, 6.07) is 0. The van der Waals surface area contributed by atoms with Gasteiger partial charge in [-0.25, -0.2) is 0 Å². The first kappa shape index (κ1) is 24.4. The van der Waals surface area contributed by atoms with Crippen LogP contribution in [0.4, 0.5) is 0 Å². The maximum Gasteiger partial charge on any atom is 0.219 e. The summed E-state index contributed by atoms with van der Waals surface area (Å²) in [5, 5.41) is 6.67. The molecular formula is C18H36IN5O3. The number of ether oxygens (including phenoxy) is 2. The van der Waals surface area contributed by atoms with E-state index in [0.29, 0.717) is 0 Å². The second kappa shape index (κ2) is 14.4. The van der Waals surface area contributed by atoms with Gasteiger partial charge in [-0.3, -0.25) is 14.7 Å². The van der Waals surface area contributed by atoms with Crippen molar-refractivity contribution in [1.82, 2.24) is 20.4 Å². The summed E-state index contributed by atoms with van der Waals surface area (Å²) < 4.78 is 11.1. The van der Waals surface area contributed by atoms with E-state index in [1.165, 1.54) is 0 Å². The lowest BCUT2D eigenvalue weighted by Crippen LogP contribution is -2.50. The zero-order chi connectivity index (χ0) is 18.6. The van der Waals surface area contributed by atoms with E-state index in [-0.39, 0.29) is 36.0 Å². The highest BCUT2D eigenvalue weighted by atomic mass is 127. The van der Waals surface area contributed by atoms with Crippen LogP contribution in [0, 0.1) is 0 Å². The zero-order valence-electron chi connectivity index (χ0n) is 16.7. The molecule has 9 heteroatoms. The summed E-state index contributed by atoms with van der Waals surface area (Å²) >= 11 is 0. The average Bonchev–Trinajstić information content (AvgIpc) is 3.15. The maximum atomic E-state index is 11.4. The van der Waals surface area contributed by atoms with Crippen LogP contribution in [0.25, 0.3) is 0 Å². The minimum Gasteiger partial charge on any atom is -0.379 e. The van der Waals surface area contributed by atoms with Gasteiger partial charge in [-0.1, -0.05) is 0 Å². The fraction of sp³-hybridized carbons (Fsp3) is 0.889. The Morgan fingerprint density at radius 3 is 2.67 bits per heavy atom. The van der Waals surface area contributed by atoms with Gasteiger partial charge in [-0.2, -0.15) is 0 Å². The van der Waals surface area contributed by atoms with Gasteiger partial charge < -0.3 is 25.0 Å². The molecule has 158 valence electrons. The number of rotatable bonds is 9. The molecule has 2 aliphatic rings. The molecule has 0 radical (unpaired) electrons. The number of aliphatic imine (C=N–C) groups is 1. The molecule has 0 saturated carbocycles.